The molecule has 0 saturated heterocycles. The number of rotatable bonds is 5. The predicted octanol–water partition coefficient (Wildman–Crippen LogP) is 2.38. The van der Waals surface area contributed by atoms with E-state index in [9.17, 15) is 0 Å². The van der Waals surface area contributed by atoms with E-state index in [1.165, 1.54) is 11.1 Å². The first-order valence-corrected chi connectivity index (χ1v) is 6.90. The quantitative estimate of drug-likeness (QED) is 0.735. The summed E-state index contributed by atoms with van der Waals surface area (Å²) in [6, 6.07) is 0. The fraction of sp³-hybridized carbons (Fsp3) is 0.600. The maximum absolute atomic E-state index is 6.15. The van der Waals surface area contributed by atoms with Crippen molar-refractivity contribution in [3.05, 3.63) is 35.2 Å². The largest absolute Gasteiger partial charge is 0.402 e. The van der Waals surface area contributed by atoms with Crippen molar-refractivity contribution >= 4 is 0 Å². The Morgan fingerprint density at radius 2 is 1.94 bits per heavy atom. The average molecular weight is 249 g/mol. The maximum atomic E-state index is 6.15. The summed E-state index contributed by atoms with van der Waals surface area (Å²) in [7, 11) is 0. The molecule has 0 saturated carbocycles. The number of hydrogen-bond acceptors (Lipinski definition) is 3. The van der Waals surface area contributed by atoms with Crippen LogP contribution in [0.5, 0.6) is 0 Å². The van der Waals surface area contributed by atoms with E-state index in [2.05, 4.69) is 43.6 Å². The van der Waals surface area contributed by atoms with Crippen molar-refractivity contribution in [3.63, 3.8) is 0 Å². The highest BCUT2D eigenvalue weighted by Crippen LogP contribution is 2.21. The monoisotopic (exact) mass is 249 g/mol. The molecule has 0 aliphatic carbocycles. The van der Waals surface area contributed by atoms with Gasteiger partial charge in [0.2, 0.25) is 0 Å². The summed E-state index contributed by atoms with van der Waals surface area (Å²) in [5.74, 6) is 0. The molecule has 0 radical (unpaired) electrons. The summed E-state index contributed by atoms with van der Waals surface area (Å²) in [5, 5.41) is 3.38. The molecule has 3 nitrogen and oxygen atoms in total. The highest BCUT2D eigenvalue weighted by molar-refractivity contribution is 5.37. The van der Waals surface area contributed by atoms with E-state index in [4.69, 9.17) is 5.73 Å². The van der Waals surface area contributed by atoms with Crippen molar-refractivity contribution in [2.24, 2.45) is 5.73 Å². The molecule has 0 aromatic heterocycles. The smallest absolute Gasteiger partial charge is 0.0295 e. The van der Waals surface area contributed by atoms with E-state index in [0.29, 0.717) is 0 Å². The van der Waals surface area contributed by atoms with Gasteiger partial charge in [0.05, 0.1) is 0 Å². The number of likely N-dealkylation sites (N-methyl/N-ethyl adjacent to an activating group) is 1. The second kappa shape index (κ2) is 7.27. The van der Waals surface area contributed by atoms with E-state index in [-0.39, 0.29) is 0 Å². The summed E-state index contributed by atoms with van der Waals surface area (Å²) in [4.78, 5) is 2.26. The second-order valence-corrected chi connectivity index (χ2v) is 4.74. The maximum Gasteiger partial charge on any atom is 0.0295 e. The van der Waals surface area contributed by atoms with Crippen molar-refractivity contribution in [1.82, 2.24) is 10.2 Å². The van der Waals surface area contributed by atoms with Crippen LogP contribution in [0.3, 0.4) is 0 Å². The molecule has 1 rings (SSSR count). The molecule has 0 aromatic rings. The zero-order valence-electron chi connectivity index (χ0n) is 12.1. The molecule has 3 heteroatoms. The highest BCUT2D eigenvalue weighted by Gasteiger charge is 2.10. The van der Waals surface area contributed by atoms with Crippen molar-refractivity contribution < 1.29 is 0 Å². The van der Waals surface area contributed by atoms with Crippen LogP contribution in [0.15, 0.2) is 35.2 Å². The van der Waals surface area contributed by atoms with Crippen LogP contribution in [0.2, 0.25) is 0 Å². The normalized spacial score (nSPS) is 17.6. The lowest BCUT2D eigenvalue weighted by atomic mass is 10.0. The van der Waals surface area contributed by atoms with E-state index in [0.717, 1.165) is 50.4 Å². The van der Waals surface area contributed by atoms with Gasteiger partial charge in [-0.3, -0.25) is 0 Å². The molecule has 0 amide bonds. The molecule has 1 aliphatic rings. The van der Waals surface area contributed by atoms with E-state index >= 15 is 0 Å². The molecule has 0 aromatic carbocycles. The fourth-order valence-electron chi connectivity index (χ4n) is 2.38. The van der Waals surface area contributed by atoms with Gasteiger partial charge in [-0.1, -0.05) is 6.58 Å². The fourth-order valence-corrected chi connectivity index (χ4v) is 2.38. The molecule has 18 heavy (non-hydrogen) atoms. The molecule has 102 valence electrons. The first-order valence-electron chi connectivity index (χ1n) is 6.90. The average Bonchev–Trinajstić information content (AvgIpc) is 2.55. The predicted molar refractivity (Wildman–Crippen MR) is 79.1 cm³/mol. The minimum absolute atomic E-state index is 0.943. The summed E-state index contributed by atoms with van der Waals surface area (Å²) in [6.45, 7) is 14.6. The third-order valence-electron chi connectivity index (χ3n) is 3.54. The summed E-state index contributed by atoms with van der Waals surface area (Å²) >= 11 is 0. The molecule has 0 unspecified atom stereocenters. The van der Waals surface area contributed by atoms with Crippen LogP contribution in [-0.4, -0.2) is 31.1 Å². The van der Waals surface area contributed by atoms with Crippen LogP contribution in [0, 0.1) is 0 Å². The Labute approximate surface area is 111 Å². The summed E-state index contributed by atoms with van der Waals surface area (Å²) < 4.78 is 0. The van der Waals surface area contributed by atoms with Gasteiger partial charge >= 0.3 is 0 Å². The third kappa shape index (κ3) is 3.91. The van der Waals surface area contributed by atoms with Crippen molar-refractivity contribution in [3.8, 4) is 0 Å². The Balaban J connectivity index is 2.84. The van der Waals surface area contributed by atoms with Gasteiger partial charge in [0.25, 0.3) is 0 Å². The number of nitrogens with two attached hydrogens (primary N) is 1. The van der Waals surface area contributed by atoms with Gasteiger partial charge in [-0.15, -0.1) is 0 Å². The third-order valence-corrected chi connectivity index (χ3v) is 3.54. The minimum atomic E-state index is 0.943. The number of hydrogen-bond donors (Lipinski definition) is 2. The zero-order chi connectivity index (χ0) is 13.5. The molecular weight excluding hydrogens is 222 g/mol. The SMILES string of the molecule is C=C(/C=C(/C)C1=C(N)CCNCC1)N(CC)CC. The number of nitrogens with one attached hydrogen (secondary N) is 1. The lowest BCUT2D eigenvalue weighted by molar-refractivity contribution is 0.396. The number of nitrogens with zero attached hydrogens (tertiary/aromatic N) is 1. The Morgan fingerprint density at radius 3 is 2.56 bits per heavy atom. The first-order chi connectivity index (χ1) is 8.60. The zero-order valence-corrected chi connectivity index (χ0v) is 12.1. The van der Waals surface area contributed by atoms with Gasteiger partial charge < -0.3 is 16.0 Å². The molecule has 0 atom stereocenters. The molecule has 3 N–H and O–H groups in total. The molecular formula is C15H27N3. The summed E-state index contributed by atoms with van der Waals surface area (Å²) in [5.41, 5.74) is 10.8. The molecule has 1 heterocycles. The van der Waals surface area contributed by atoms with Crippen LogP contribution in [0.1, 0.15) is 33.6 Å². The number of allylic oxidation sites excluding steroid dienone is 2. The van der Waals surface area contributed by atoms with Gasteiger partial charge in [-0.25, -0.2) is 0 Å². The van der Waals surface area contributed by atoms with E-state index < -0.39 is 0 Å². The Kier molecular flexibility index (Phi) is 5.99. The Morgan fingerprint density at radius 1 is 1.33 bits per heavy atom. The molecule has 1 aliphatic heterocycles. The van der Waals surface area contributed by atoms with Crippen LogP contribution in [-0.2, 0) is 0 Å². The van der Waals surface area contributed by atoms with Gasteiger partial charge in [-0.2, -0.15) is 0 Å². The lowest BCUT2D eigenvalue weighted by Gasteiger charge is -2.22. The van der Waals surface area contributed by atoms with Crippen LogP contribution in [0.25, 0.3) is 0 Å². The molecule has 0 spiro atoms. The Bertz CT molecular complexity index is 349. The van der Waals surface area contributed by atoms with Gasteiger partial charge in [-0.05, 0) is 57.4 Å². The highest BCUT2D eigenvalue weighted by atomic mass is 15.1. The van der Waals surface area contributed by atoms with E-state index in [1.54, 1.807) is 0 Å². The van der Waals surface area contributed by atoms with Gasteiger partial charge in [0, 0.05) is 31.0 Å². The minimum Gasteiger partial charge on any atom is -0.402 e. The first kappa shape index (κ1) is 14.8. The van der Waals surface area contributed by atoms with Crippen LogP contribution >= 0.6 is 0 Å². The topological polar surface area (TPSA) is 41.3 Å². The van der Waals surface area contributed by atoms with Gasteiger partial charge in [0.15, 0.2) is 0 Å². The van der Waals surface area contributed by atoms with Crippen molar-refractivity contribution in [1.29, 1.82) is 0 Å². The van der Waals surface area contributed by atoms with Gasteiger partial charge in [0.1, 0.15) is 0 Å². The molecule has 0 fully saturated rings. The van der Waals surface area contributed by atoms with Crippen LogP contribution in [0.4, 0.5) is 0 Å². The lowest BCUT2D eigenvalue weighted by Crippen LogP contribution is -2.20. The van der Waals surface area contributed by atoms with Crippen molar-refractivity contribution in [2.75, 3.05) is 26.2 Å². The Hall–Kier alpha value is -1.22. The standard InChI is InChI=1S/C15H27N3/c1-5-18(6-2)13(4)11-12(3)14-7-9-17-10-8-15(14)16/h11,17H,4-10,16H2,1-3H3/b12-11-. The van der Waals surface area contributed by atoms with Crippen LogP contribution < -0.4 is 11.1 Å². The second-order valence-electron chi connectivity index (χ2n) is 4.74. The van der Waals surface area contributed by atoms with Crippen molar-refractivity contribution in [2.45, 2.75) is 33.6 Å². The van der Waals surface area contributed by atoms with E-state index in [1.807, 2.05) is 0 Å². The molecule has 0 bridgehead atoms. The summed E-state index contributed by atoms with van der Waals surface area (Å²) in [6.07, 6.45) is 4.12.